The molecule has 2 heterocycles. The summed E-state index contributed by atoms with van der Waals surface area (Å²) in [4.78, 5) is 27.2. The Kier molecular flexibility index (Phi) is 8.53. The van der Waals surface area contributed by atoms with Crippen molar-refractivity contribution in [1.29, 1.82) is 5.26 Å². The zero-order chi connectivity index (χ0) is 33.5. The fraction of sp³-hybridized carbons (Fsp3) is 0.414. The van der Waals surface area contributed by atoms with Crippen molar-refractivity contribution in [2.75, 3.05) is 4.90 Å². The average Bonchev–Trinajstić information content (AvgIpc) is 3.39. The number of halogens is 6. The Bertz CT molecular complexity index is 1640. The summed E-state index contributed by atoms with van der Waals surface area (Å²) in [7, 11) is 0. The molecule has 3 aromatic rings. The lowest BCUT2D eigenvalue weighted by Crippen LogP contribution is -2.49. The molecule has 1 N–H and O–H groups in total. The quantitative estimate of drug-likeness (QED) is 0.303. The number of aromatic nitrogens is 2. The minimum Gasteiger partial charge on any atom is -0.444 e. The van der Waals surface area contributed by atoms with Crippen LogP contribution in [0, 0.1) is 17.1 Å². The van der Waals surface area contributed by atoms with Gasteiger partial charge in [0.25, 0.3) is 11.8 Å². The molecule has 16 heteroatoms. The van der Waals surface area contributed by atoms with E-state index in [4.69, 9.17) is 9.15 Å². The monoisotopic (exact) mass is 639 g/mol. The number of alkyl carbamates (subject to hydrolysis) is 1. The van der Waals surface area contributed by atoms with Crippen LogP contribution in [0.2, 0.25) is 0 Å². The van der Waals surface area contributed by atoms with Gasteiger partial charge in [-0.2, -0.15) is 5.26 Å². The number of hydrogen-bond acceptors (Lipinski definition) is 8. The maximum absolute atomic E-state index is 15.8. The van der Waals surface area contributed by atoms with Gasteiger partial charge in [-0.25, -0.2) is 18.0 Å². The van der Waals surface area contributed by atoms with Gasteiger partial charge in [0, 0.05) is 12.0 Å². The Morgan fingerprint density at radius 2 is 1.78 bits per heavy atom. The van der Waals surface area contributed by atoms with Crippen LogP contribution in [0.15, 0.2) is 40.8 Å². The van der Waals surface area contributed by atoms with E-state index in [0.717, 1.165) is 23.1 Å². The van der Waals surface area contributed by atoms with Crippen LogP contribution in [0.5, 0.6) is 5.75 Å². The van der Waals surface area contributed by atoms with Gasteiger partial charge in [-0.1, -0.05) is 12.1 Å². The number of carbonyl (C=O) groups is 2. The predicted octanol–water partition coefficient (Wildman–Crippen LogP) is 6.50. The molecule has 0 saturated carbocycles. The average molecular weight is 640 g/mol. The number of nitrogens with zero attached hydrogens (tertiary/aromatic N) is 4. The van der Waals surface area contributed by atoms with Gasteiger partial charge in [0.2, 0.25) is 11.8 Å². The van der Waals surface area contributed by atoms with E-state index in [1.807, 2.05) is 6.07 Å². The second-order valence-corrected chi connectivity index (χ2v) is 11.7. The van der Waals surface area contributed by atoms with Crippen LogP contribution < -0.4 is 15.0 Å². The molecule has 10 nitrogen and oxygen atoms in total. The Morgan fingerprint density at radius 1 is 1.13 bits per heavy atom. The number of carbonyl (C=O) groups excluding carboxylic acids is 2. The number of amides is 2. The Labute approximate surface area is 252 Å². The lowest BCUT2D eigenvalue weighted by molar-refractivity contribution is -0.274. The van der Waals surface area contributed by atoms with Gasteiger partial charge in [0.1, 0.15) is 28.6 Å². The SMILES string of the molecule is CC(C)(C)OC(=O)NC1CC(F)(F)c2cc(F)c(-c3nnc(C(C)(C)C#N)o3)cc2N(Cc2ccc(OC(F)(F)F)cc2)C1=O. The number of anilines is 1. The van der Waals surface area contributed by atoms with Gasteiger partial charge < -0.3 is 24.1 Å². The smallest absolute Gasteiger partial charge is 0.444 e. The maximum atomic E-state index is 15.8. The highest BCUT2D eigenvalue weighted by atomic mass is 19.4. The first kappa shape index (κ1) is 33.1. The molecule has 2 aromatic carbocycles. The number of alkyl halides is 5. The third-order valence-corrected chi connectivity index (χ3v) is 6.45. The van der Waals surface area contributed by atoms with Crippen molar-refractivity contribution in [2.45, 2.75) is 76.9 Å². The molecule has 1 aliphatic rings. The second kappa shape index (κ2) is 11.6. The molecule has 1 atom stereocenters. The summed E-state index contributed by atoms with van der Waals surface area (Å²) >= 11 is 0. The van der Waals surface area contributed by atoms with Crippen molar-refractivity contribution in [3.05, 3.63) is 59.2 Å². The third-order valence-electron chi connectivity index (χ3n) is 6.45. The van der Waals surface area contributed by atoms with Gasteiger partial charge in [0.05, 0.1) is 23.9 Å². The lowest BCUT2D eigenvalue weighted by Gasteiger charge is -2.27. The molecule has 0 radical (unpaired) electrons. The molecular weight excluding hydrogens is 612 g/mol. The van der Waals surface area contributed by atoms with E-state index in [2.05, 4.69) is 20.3 Å². The Hall–Kier alpha value is -4.81. The molecular formula is C29H27F6N5O5. The van der Waals surface area contributed by atoms with Crippen LogP contribution in [-0.2, 0) is 27.4 Å². The van der Waals surface area contributed by atoms with Crippen LogP contribution in [0.4, 0.5) is 36.8 Å². The van der Waals surface area contributed by atoms with E-state index in [9.17, 15) is 28.0 Å². The first-order valence-electron chi connectivity index (χ1n) is 13.3. The number of ether oxygens (including phenoxy) is 2. The van der Waals surface area contributed by atoms with Crippen LogP contribution in [0.25, 0.3) is 11.5 Å². The summed E-state index contributed by atoms with van der Waals surface area (Å²) in [5, 5.41) is 19.0. The fourth-order valence-electron chi connectivity index (χ4n) is 4.34. The molecule has 1 aromatic heterocycles. The largest absolute Gasteiger partial charge is 0.573 e. The molecule has 2 amide bonds. The first-order valence-corrected chi connectivity index (χ1v) is 13.3. The lowest BCUT2D eigenvalue weighted by atomic mass is 9.96. The molecule has 0 spiro atoms. The summed E-state index contributed by atoms with van der Waals surface area (Å²) < 4.78 is 99.4. The van der Waals surface area contributed by atoms with Gasteiger partial charge in [-0.05, 0) is 64.4 Å². The maximum Gasteiger partial charge on any atom is 0.573 e. The van der Waals surface area contributed by atoms with Crippen molar-refractivity contribution < 1.29 is 49.8 Å². The molecule has 1 unspecified atom stereocenters. The second-order valence-electron chi connectivity index (χ2n) is 11.7. The van der Waals surface area contributed by atoms with E-state index in [-0.39, 0.29) is 11.5 Å². The first-order chi connectivity index (χ1) is 20.7. The Morgan fingerprint density at radius 3 is 2.36 bits per heavy atom. The zero-order valence-electron chi connectivity index (χ0n) is 24.6. The summed E-state index contributed by atoms with van der Waals surface area (Å²) in [5.41, 5.74) is -4.02. The van der Waals surface area contributed by atoms with E-state index in [1.54, 1.807) is 0 Å². The van der Waals surface area contributed by atoms with Gasteiger partial charge in [-0.15, -0.1) is 23.4 Å². The van der Waals surface area contributed by atoms with E-state index in [0.29, 0.717) is 6.07 Å². The van der Waals surface area contributed by atoms with Crippen LogP contribution >= 0.6 is 0 Å². The Balaban J connectivity index is 1.82. The fourth-order valence-corrected chi connectivity index (χ4v) is 4.34. The minimum atomic E-state index is -4.97. The van der Waals surface area contributed by atoms with E-state index < -0.39 is 88.6 Å². The molecule has 0 aliphatic carbocycles. The van der Waals surface area contributed by atoms with Gasteiger partial charge in [0.15, 0.2) is 0 Å². The van der Waals surface area contributed by atoms with Crippen molar-refractivity contribution in [3.63, 3.8) is 0 Å². The van der Waals surface area contributed by atoms with Gasteiger partial charge >= 0.3 is 12.5 Å². The number of hydrogen-bond donors (Lipinski definition) is 1. The van der Waals surface area contributed by atoms with Crippen molar-refractivity contribution in [1.82, 2.24) is 15.5 Å². The predicted molar refractivity (Wildman–Crippen MR) is 144 cm³/mol. The number of rotatable bonds is 6. The molecule has 0 fully saturated rings. The van der Waals surface area contributed by atoms with E-state index >= 15 is 13.2 Å². The van der Waals surface area contributed by atoms with E-state index in [1.165, 1.54) is 46.8 Å². The van der Waals surface area contributed by atoms with Crippen molar-refractivity contribution in [3.8, 4) is 23.3 Å². The topological polar surface area (TPSA) is 131 Å². The van der Waals surface area contributed by atoms with Gasteiger partial charge in [-0.3, -0.25) is 4.79 Å². The highest BCUT2D eigenvalue weighted by molar-refractivity contribution is 6.00. The highest BCUT2D eigenvalue weighted by Crippen LogP contribution is 2.45. The molecule has 240 valence electrons. The number of fused-ring (bicyclic) bond motifs is 1. The van der Waals surface area contributed by atoms with Crippen LogP contribution in [-0.4, -0.2) is 40.2 Å². The minimum absolute atomic E-state index is 0.173. The highest BCUT2D eigenvalue weighted by Gasteiger charge is 2.47. The number of benzene rings is 2. The summed E-state index contributed by atoms with van der Waals surface area (Å²) in [6.07, 6.45) is -7.40. The molecule has 0 bridgehead atoms. The molecule has 45 heavy (non-hydrogen) atoms. The molecule has 4 rings (SSSR count). The standard InChI is InChI=1S/C29H27F6N5O5/c1-26(2,3)45-25(42)37-20-12-28(31,32)18-11-19(30)17(22-38-39-24(43-22)27(4,5)14-36)10-21(18)40(23(20)41)13-15-6-8-16(9-7-15)44-29(33,34)35/h6-11,20H,12-13H2,1-5H3,(H,37,42). The summed E-state index contributed by atoms with van der Waals surface area (Å²) in [6.45, 7) is 6.99. The van der Waals surface area contributed by atoms with Crippen LogP contribution in [0.3, 0.4) is 0 Å². The molecule has 0 saturated heterocycles. The van der Waals surface area contributed by atoms with Crippen LogP contribution in [0.1, 0.15) is 58.1 Å². The van der Waals surface area contributed by atoms with Crippen molar-refractivity contribution >= 4 is 17.7 Å². The van der Waals surface area contributed by atoms with Crippen molar-refractivity contribution in [2.24, 2.45) is 0 Å². The summed E-state index contributed by atoms with van der Waals surface area (Å²) in [6, 6.07) is 5.73. The number of nitrogens with one attached hydrogen (secondary N) is 1. The normalized spacial score (nSPS) is 16.8. The summed E-state index contributed by atoms with van der Waals surface area (Å²) in [5.74, 6) is -7.36. The third kappa shape index (κ3) is 7.65. The number of nitriles is 1. The zero-order valence-corrected chi connectivity index (χ0v) is 24.6. The molecule has 1 aliphatic heterocycles.